The molecule has 4 heteroatoms. The molecule has 0 aliphatic heterocycles. The van der Waals surface area contributed by atoms with Crippen molar-refractivity contribution in [2.75, 3.05) is 14.2 Å². The van der Waals surface area contributed by atoms with E-state index in [2.05, 4.69) is 4.74 Å². The molecule has 1 aromatic rings. The number of halogens is 1. The number of carbonyl (C=O) groups excluding carboxylic acids is 1. The van der Waals surface area contributed by atoms with Gasteiger partial charge >= 0.3 is 5.97 Å². The Labute approximate surface area is 100 Å². The summed E-state index contributed by atoms with van der Waals surface area (Å²) < 4.78 is 9.79. The third kappa shape index (κ3) is 2.67. The highest BCUT2D eigenvalue weighted by Gasteiger charge is 2.19. The summed E-state index contributed by atoms with van der Waals surface area (Å²) >= 11 is 5.97. The van der Waals surface area contributed by atoms with Crippen LogP contribution in [0, 0.1) is 0 Å². The predicted octanol–water partition coefficient (Wildman–Crippen LogP) is 2.71. The predicted molar refractivity (Wildman–Crippen MR) is 63.0 cm³/mol. The molecule has 0 aromatic heterocycles. The van der Waals surface area contributed by atoms with E-state index in [1.54, 1.807) is 13.2 Å². The molecule has 0 N–H and O–H groups in total. The summed E-state index contributed by atoms with van der Waals surface area (Å²) in [5, 5.41) is -0.763. The zero-order valence-electron chi connectivity index (χ0n) is 9.62. The van der Waals surface area contributed by atoms with E-state index in [-0.39, 0.29) is 0 Å². The standard InChI is InChI=1S/C12H15ClO3/c1-4-8-7-9(5-6-10(8)15-2)11(13)12(14)16-3/h5-7,11H,4H2,1-3H3. The number of hydrogen-bond acceptors (Lipinski definition) is 3. The fourth-order valence-electron chi connectivity index (χ4n) is 1.47. The van der Waals surface area contributed by atoms with Gasteiger partial charge in [0, 0.05) is 0 Å². The molecule has 0 heterocycles. The highest BCUT2D eigenvalue weighted by Crippen LogP contribution is 2.27. The van der Waals surface area contributed by atoms with Crippen LogP contribution in [0.25, 0.3) is 0 Å². The van der Waals surface area contributed by atoms with E-state index in [9.17, 15) is 4.79 Å². The van der Waals surface area contributed by atoms with Crippen LogP contribution in [-0.4, -0.2) is 20.2 Å². The maximum atomic E-state index is 11.3. The first-order valence-electron chi connectivity index (χ1n) is 5.02. The van der Waals surface area contributed by atoms with Crippen molar-refractivity contribution in [2.45, 2.75) is 18.7 Å². The Morgan fingerprint density at radius 2 is 2.12 bits per heavy atom. The molecule has 3 nitrogen and oxygen atoms in total. The smallest absolute Gasteiger partial charge is 0.328 e. The number of methoxy groups -OCH3 is 2. The molecule has 0 aliphatic carbocycles. The molecular weight excluding hydrogens is 228 g/mol. The highest BCUT2D eigenvalue weighted by molar-refractivity contribution is 6.29. The molecular formula is C12H15ClO3. The zero-order valence-corrected chi connectivity index (χ0v) is 10.4. The van der Waals surface area contributed by atoms with Crippen LogP contribution in [0.15, 0.2) is 18.2 Å². The second-order valence-electron chi connectivity index (χ2n) is 3.31. The third-order valence-electron chi connectivity index (χ3n) is 2.39. The zero-order chi connectivity index (χ0) is 12.1. The topological polar surface area (TPSA) is 35.5 Å². The van der Waals surface area contributed by atoms with Gasteiger partial charge in [0.25, 0.3) is 0 Å². The van der Waals surface area contributed by atoms with Crippen molar-refractivity contribution in [1.82, 2.24) is 0 Å². The second kappa shape index (κ2) is 5.75. The molecule has 0 aliphatic rings. The monoisotopic (exact) mass is 242 g/mol. The number of benzene rings is 1. The van der Waals surface area contributed by atoms with Crippen molar-refractivity contribution in [2.24, 2.45) is 0 Å². The summed E-state index contributed by atoms with van der Waals surface area (Å²) in [6.07, 6.45) is 0.821. The molecule has 0 spiro atoms. The Bertz CT molecular complexity index is 377. The average molecular weight is 243 g/mol. The van der Waals surface area contributed by atoms with Crippen LogP contribution in [0.2, 0.25) is 0 Å². The minimum absolute atomic E-state index is 0.450. The summed E-state index contributed by atoms with van der Waals surface area (Å²) in [4.78, 5) is 11.3. The van der Waals surface area contributed by atoms with E-state index in [0.29, 0.717) is 0 Å². The van der Waals surface area contributed by atoms with Crippen LogP contribution in [0.3, 0.4) is 0 Å². The van der Waals surface area contributed by atoms with Crippen molar-refractivity contribution in [1.29, 1.82) is 0 Å². The molecule has 88 valence electrons. The van der Waals surface area contributed by atoms with Gasteiger partial charge in [-0.1, -0.05) is 19.1 Å². The van der Waals surface area contributed by atoms with Gasteiger partial charge in [-0.2, -0.15) is 0 Å². The Kier molecular flexibility index (Phi) is 4.62. The summed E-state index contributed by atoms with van der Waals surface area (Å²) in [5.74, 6) is 0.355. The van der Waals surface area contributed by atoms with Crippen LogP contribution in [0.1, 0.15) is 23.4 Å². The van der Waals surface area contributed by atoms with Crippen LogP contribution < -0.4 is 4.74 Å². The van der Waals surface area contributed by atoms with E-state index >= 15 is 0 Å². The van der Waals surface area contributed by atoms with Gasteiger partial charge in [-0.05, 0) is 23.6 Å². The molecule has 1 rings (SSSR count). The lowest BCUT2D eigenvalue weighted by molar-refractivity contribution is -0.140. The van der Waals surface area contributed by atoms with Crippen LogP contribution in [0.5, 0.6) is 5.75 Å². The molecule has 16 heavy (non-hydrogen) atoms. The number of ether oxygens (including phenoxy) is 2. The van der Waals surface area contributed by atoms with Gasteiger partial charge in [0.2, 0.25) is 0 Å². The fraction of sp³-hybridized carbons (Fsp3) is 0.417. The summed E-state index contributed by atoms with van der Waals surface area (Å²) in [6.45, 7) is 2.02. The first kappa shape index (κ1) is 12.8. The highest BCUT2D eigenvalue weighted by atomic mass is 35.5. The van der Waals surface area contributed by atoms with Crippen molar-refractivity contribution in [3.8, 4) is 5.75 Å². The van der Waals surface area contributed by atoms with Gasteiger partial charge in [0.15, 0.2) is 5.38 Å². The minimum Gasteiger partial charge on any atom is -0.496 e. The molecule has 0 amide bonds. The fourth-order valence-corrected chi connectivity index (χ4v) is 1.70. The first-order chi connectivity index (χ1) is 7.63. The van der Waals surface area contributed by atoms with Crippen molar-refractivity contribution >= 4 is 17.6 Å². The second-order valence-corrected chi connectivity index (χ2v) is 3.75. The van der Waals surface area contributed by atoms with Gasteiger partial charge in [-0.15, -0.1) is 11.6 Å². The molecule has 0 fully saturated rings. The number of carbonyl (C=O) groups is 1. The van der Waals surface area contributed by atoms with Crippen LogP contribution >= 0.6 is 11.6 Å². The van der Waals surface area contributed by atoms with E-state index < -0.39 is 11.3 Å². The van der Waals surface area contributed by atoms with Gasteiger partial charge in [-0.25, -0.2) is 0 Å². The molecule has 0 radical (unpaired) electrons. The normalized spacial score (nSPS) is 12.0. The summed E-state index contributed by atoms with van der Waals surface area (Å²) in [7, 11) is 2.94. The van der Waals surface area contributed by atoms with Crippen molar-refractivity contribution in [3.63, 3.8) is 0 Å². The molecule has 0 saturated carbocycles. The summed E-state index contributed by atoms with van der Waals surface area (Å²) in [6, 6.07) is 5.45. The van der Waals surface area contributed by atoms with Gasteiger partial charge in [-0.3, -0.25) is 4.79 Å². The van der Waals surface area contributed by atoms with E-state index in [0.717, 1.165) is 23.3 Å². The first-order valence-corrected chi connectivity index (χ1v) is 5.46. The molecule has 1 unspecified atom stereocenters. The number of rotatable bonds is 4. The quantitative estimate of drug-likeness (QED) is 0.602. The maximum Gasteiger partial charge on any atom is 0.328 e. The molecule has 1 atom stereocenters. The van der Waals surface area contributed by atoms with Gasteiger partial charge < -0.3 is 9.47 Å². The Morgan fingerprint density at radius 3 is 2.62 bits per heavy atom. The van der Waals surface area contributed by atoms with Crippen molar-refractivity contribution in [3.05, 3.63) is 29.3 Å². The Hall–Kier alpha value is -1.22. The maximum absolute atomic E-state index is 11.3. The van der Waals surface area contributed by atoms with E-state index in [1.165, 1.54) is 7.11 Å². The number of alkyl halides is 1. The summed E-state index contributed by atoms with van der Waals surface area (Å²) in [5.41, 5.74) is 1.75. The minimum atomic E-state index is -0.763. The van der Waals surface area contributed by atoms with E-state index in [4.69, 9.17) is 16.3 Å². The van der Waals surface area contributed by atoms with Crippen LogP contribution in [-0.2, 0) is 16.0 Å². The lowest BCUT2D eigenvalue weighted by Gasteiger charge is -2.11. The molecule has 0 saturated heterocycles. The number of aryl methyl sites for hydroxylation is 1. The van der Waals surface area contributed by atoms with Crippen molar-refractivity contribution < 1.29 is 14.3 Å². The number of hydrogen-bond donors (Lipinski definition) is 0. The average Bonchev–Trinajstić information content (AvgIpc) is 2.35. The van der Waals surface area contributed by atoms with Crippen LogP contribution in [0.4, 0.5) is 0 Å². The third-order valence-corrected chi connectivity index (χ3v) is 2.82. The number of esters is 1. The Balaban J connectivity index is 3.03. The van der Waals surface area contributed by atoms with Gasteiger partial charge in [0.1, 0.15) is 5.75 Å². The largest absolute Gasteiger partial charge is 0.496 e. The molecule has 1 aromatic carbocycles. The lowest BCUT2D eigenvalue weighted by atomic mass is 10.1. The Morgan fingerprint density at radius 1 is 1.44 bits per heavy atom. The SMILES string of the molecule is CCc1cc(C(Cl)C(=O)OC)ccc1OC. The lowest BCUT2D eigenvalue weighted by Crippen LogP contribution is -2.09. The van der Waals surface area contributed by atoms with E-state index in [1.807, 2.05) is 19.1 Å². The molecule has 0 bridgehead atoms. The van der Waals surface area contributed by atoms with Gasteiger partial charge in [0.05, 0.1) is 14.2 Å².